The van der Waals surface area contributed by atoms with Gasteiger partial charge >= 0.3 is 0 Å². The van der Waals surface area contributed by atoms with Crippen molar-refractivity contribution in [2.45, 2.75) is 84.2 Å². The van der Waals surface area contributed by atoms with E-state index in [2.05, 4.69) is 67.3 Å². The molecule has 2 nitrogen and oxygen atoms in total. The lowest BCUT2D eigenvalue weighted by molar-refractivity contribution is 0.145. The number of aliphatic hydroxyl groups is 1. The van der Waals surface area contributed by atoms with Gasteiger partial charge in [-0.05, 0) is 42.5 Å². The van der Waals surface area contributed by atoms with Crippen molar-refractivity contribution < 1.29 is 9.53 Å². The summed E-state index contributed by atoms with van der Waals surface area (Å²) in [5.41, 5.74) is 0.550. The second-order valence-corrected chi connectivity index (χ2v) is 14.6. The van der Waals surface area contributed by atoms with Crippen LogP contribution in [0, 0.1) is 17.3 Å². The minimum Gasteiger partial charge on any atom is -0.410 e. The van der Waals surface area contributed by atoms with E-state index in [4.69, 9.17) is 4.43 Å². The quantitative estimate of drug-likeness (QED) is 0.557. The van der Waals surface area contributed by atoms with Crippen molar-refractivity contribution in [1.82, 2.24) is 0 Å². The molecule has 132 valence electrons. The SMILES string of the molecule is C=CCC1=C[C@@]2(O)[C@@H](C[C@H](C)[C@@H]1O[Si](C)(C)C(C)(C)C)C2(C)C. The molecule has 0 amide bonds. The Kier molecular flexibility index (Phi) is 4.59. The van der Waals surface area contributed by atoms with E-state index in [-0.39, 0.29) is 16.6 Å². The highest BCUT2D eigenvalue weighted by molar-refractivity contribution is 6.74. The second-order valence-electron chi connectivity index (χ2n) is 9.82. The van der Waals surface area contributed by atoms with E-state index in [0.29, 0.717) is 11.8 Å². The van der Waals surface area contributed by atoms with E-state index in [0.717, 1.165) is 12.8 Å². The maximum Gasteiger partial charge on any atom is 0.192 e. The van der Waals surface area contributed by atoms with Gasteiger partial charge in [0, 0.05) is 11.3 Å². The Morgan fingerprint density at radius 1 is 1.39 bits per heavy atom. The molecule has 0 spiro atoms. The van der Waals surface area contributed by atoms with Crippen molar-refractivity contribution in [1.29, 1.82) is 0 Å². The normalized spacial score (nSPS) is 36.7. The van der Waals surface area contributed by atoms with Crippen LogP contribution in [0.4, 0.5) is 0 Å². The van der Waals surface area contributed by atoms with E-state index >= 15 is 0 Å². The molecule has 0 unspecified atom stereocenters. The fourth-order valence-corrected chi connectivity index (χ4v) is 5.27. The molecule has 2 aliphatic carbocycles. The molecule has 0 bridgehead atoms. The summed E-state index contributed by atoms with van der Waals surface area (Å²) in [6, 6.07) is 0. The van der Waals surface area contributed by atoms with Gasteiger partial charge in [0.25, 0.3) is 0 Å². The summed E-state index contributed by atoms with van der Waals surface area (Å²) in [5, 5.41) is 11.3. The van der Waals surface area contributed by atoms with Gasteiger partial charge in [0.05, 0.1) is 11.7 Å². The molecule has 3 heteroatoms. The highest BCUT2D eigenvalue weighted by atomic mass is 28.4. The summed E-state index contributed by atoms with van der Waals surface area (Å²) in [4.78, 5) is 0. The van der Waals surface area contributed by atoms with E-state index in [1.807, 2.05) is 6.08 Å². The van der Waals surface area contributed by atoms with Crippen LogP contribution in [0.15, 0.2) is 24.3 Å². The topological polar surface area (TPSA) is 29.5 Å². The largest absolute Gasteiger partial charge is 0.410 e. The number of allylic oxidation sites excluding steroid dienone is 1. The van der Waals surface area contributed by atoms with Crippen molar-refractivity contribution >= 4 is 8.32 Å². The molecule has 0 aromatic heterocycles. The third-order valence-electron chi connectivity index (χ3n) is 6.85. The van der Waals surface area contributed by atoms with Gasteiger partial charge in [-0.3, -0.25) is 0 Å². The monoisotopic (exact) mass is 336 g/mol. The number of hydrogen-bond acceptors (Lipinski definition) is 2. The molecule has 2 rings (SSSR count). The summed E-state index contributed by atoms with van der Waals surface area (Å²) in [6.45, 7) is 22.1. The van der Waals surface area contributed by atoms with Crippen molar-refractivity contribution in [3.05, 3.63) is 24.3 Å². The summed E-state index contributed by atoms with van der Waals surface area (Å²) in [5.74, 6) is 0.772. The molecule has 0 aromatic carbocycles. The van der Waals surface area contributed by atoms with Crippen molar-refractivity contribution in [3.63, 3.8) is 0 Å². The van der Waals surface area contributed by atoms with Gasteiger partial charge in [-0.25, -0.2) is 0 Å². The van der Waals surface area contributed by atoms with E-state index in [1.54, 1.807) is 0 Å². The summed E-state index contributed by atoms with van der Waals surface area (Å²) in [7, 11) is -1.85. The first kappa shape index (κ1) is 18.9. The van der Waals surface area contributed by atoms with E-state index in [9.17, 15) is 5.11 Å². The second kappa shape index (κ2) is 5.57. The van der Waals surface area contributed by atoms with Crippen LogP contribution in [0.3, 0.4) is 0 Å². The Bertz CT molecular complexity index is 512. The van der Waals surface area contributed by atoms with Crippen molar-refractivity contribution in [2.24, 2.45) is 17.3 Å². The van der Waals surface area contributed by atoms with Gasteiger partial charge in [-0.2, -0.15) is 0 Å². The Labute approximate surface area is 144 Å². The Hall–Kier alpha value is -0.383. The van der Waals surface area contributed by atoms with Crippen LogP contribution in [0.1, 0.15) is 54.4 Å². The zero-order valence-corrected chi connectivity index (χ0v) is 17.4. The highest BCUT2D eigenvalue weighted by Crippen LogP contribution is 2.67. The fourth-order valence-electron chi connectivity index (χ4n) is 3.90. The molecular weight excluding hydrogens is 300 g/mol. The lowest BCUT2D eigenvalue weighted by Crippen LogP contribution is -2.46. The maximum atomic E-state index is 11.1. The summed E-state index contributed by atoms with van der Waals surface area (Å²) in [6.07, 6.45) is 6.01. The van der Waals surface area contributed by atoms with Crippen LogP contribution in [0.25, 0.3) is 0 Å². The lowest BCUT2D eigenvalue weighted by Gasteiger charge is -2.41. The van der Waals surface area contributed by atoms with Crippen LogP contribution in [-0.4, -0.2) is 25.1 Å². The molecule has 1 fully saturated rings. The maximum absolute atomic E-state index is 11.1. The van der Waals surface area contributed by atoms with Gasteiger partial charge in [-0.1, -0.05) is 53.7 Å². The van der Waals surface area contributed by atoms with Crippen molar-refractivity contribution in [2.75, 3.05) is 0 Å². The van der Waals surface area contributed by atoms with Crippen LogP contribution >= 0.6 is 0 Å². The third kappa shape index (κ3) is 3.00. The molecule has 0 aromatic rings. The first-order valence-corrected chi connectivity index (χ1v) is 11.9. The molecule has 0 heterocycles. The minimum absolute atomic E-state index is 0.0182. The first-order valence-electron chi connectivity index (χ1n) is 9.00. The smallest absolute Gasteiger partial charge is 0.192 e. The molecule has 0 aliphatic heterocycles. The molecular formula is C20H36O2Si. The molecule has 0 saturated heterocycles. The number of hydrogen-bond donors (Lipinski definition) is 1. The third-order valence-corrected chi connectivity index (χ3v) is 11.3. The van der Waals surface area contributed by atoms with Crippen molar-refractivity contribution in [3.8, 4) is 0 Å². The average Bonchev–Trinajstić information content (AvgIpc) is 2.82. The highest BCUT2D eigenvalue weighted by Gasteiger charge is 2.70. The van der Waals surface area contributed by atoms with Gasteiger partial charge in [0.15, 0.2) is 8.32 Å². The molecule has 1 N–H and O–H groups in total. The predicted octanol–water partition coefficient (Wildman–Crippen LogP) is 5.31. The van der Waals surface area contributed by atoms with Crippen LogP contribution in [0.5, 0.6) is 0 Å². The molecule has 1 saturated carbocycles. The summed E-state index contributed by atoms with van der Waals surface area (Å²) >= 11 is 0. The van der Waals surface area contributed by atoms with Gasteiger partial charge < -0.3 is 9.53 Å². The van der Waals surface area contributed by atoms with Gasteiger partial charge in [0.1, 0.15) is 0 Å². The Morgan fingerprint density at radius 3 is 2.43 bits per heavy atom. The summed E-state index contributed by atoms with van der Waals surface area (Å²) < 4.78 is 6.79. The molecule has 2 aliphatic rings. The van der Waals surface area contributed by atoms with Crippen LogP contribution < -0.4 is 0 Å². The number of rotatable bonds is 4. The lowest BCUT2D eigenvalue weighted by atomic mass is 9.89. The Morgan fingerprint density at radius 2 is 1.96 bits per heavy atom. The molecule has 4 atom stereocenters. The van der Waals surface area contributed by atoms with Crippen LogP contribution in [0.2, 0.25) is 18.1 Å². The fraction of sp³-hybridized carbons (Fsp3) is 0.800. The minimum atomic E-state index is -1.85. The molecule has 23 heavy (non-hydrogen) atoms. The number of fused-ring (bicyclic) bond motifs is 1. The zero-order valence-electron chi connectivity index (χ0n) is 16.4. The standard InChI is InChI=1S/C20H36O2Si/c1-10-11-15-13-20(21)16(19(20,6)7)12-14(2)17(15)22-23(8,9)18(3,4)5/h10,13-14,16-17,21H,1,11-12H2,2-9H3/t14-,16-,17-,20+/m0/s1. The van der Waals surface area contributed by atoms with Gasteiger partial charge in [-0.15, -0.1) is 6.58 Å². The zero-order chi connectivity index (χ0) is 17.8. The average molecular weight is 337 g/mol. The van der Waals surface area contributed by atoms with Crippen LogP contribution in [-0.2, 0) is 4.43 Å². The van der Waals surface area contributed by atoms with Gasteiger partial charge in [0.2, 0.25) is 0 Å². The predicted molar refractivity (Wildman–Crippen MR) is 101 cm³/mol. The molecule has 0 radical (unpaired) electrons. The van der Waals surface area contributed by atoms with E-state index < -0.39 is 13.9 Å². The van der Waals surface area contributed by atoms with E-state index in [1.165, 1.54) is 5.57 Å². The Balaban J connectivity index is 2.37. The first-order chi connectivity index (χ1) is 10.3.